The number of nitrogens with zero attached hydrogens (tertiary/aromatic N) is 4. The van der Waals surface area contributed by atoms with Crippen LogP contribution in [0.15, 0.2) is 18.5 Å². The maximum absolute atomic E-state index is 12.7. The van der Waals surface area contributed by atoms with Gasteiger partial charge in [-0.05, 0) is 6.07 Å². The molecule has 1 atom stereocenters. The molecule has 2 aromatic heterocycles. The topological polar surface area (TPSA) is 110 Å². The van der Waals surface area contributed by atoms with Gasteiger partial charge in [0.25, 0.3) is 5.91 Å². The Hall–Kier alpha value is -2.48. The Morgan fingerprint density at radius 2 is 2.12 bits per heavy atom. The van der Waals surface area contributed by atoms with Crippen molar-refractivity contribution in [3.05, 3.63) is 35.5 Å². The second-order valence-corrected chi connectivity index (χ2v) is 6.85. The van der Waals surface area contributed by atoms with Crippen molar-refractivity contribution in [1.29, 1.82) is 0 Å². The van der Waals surface area contributed by atoms with E-state index in [1.165, 1.54) is 6.20 Å². The van der Waals surface area contributed by atoms with Crippen molar-refractivity contribution >= 4 is 11.7 Å². The van der Waals surface area contributed by atoms with Gasteiger partial charge in [0, 0.05) is 30.0 Å². The monoisotopic (exact) mass is 330 g/mol. The summed E-state index contributed by atoms with van der Waals surface area (Å²) in [5.41, 5.74) is 7.67. The third-order valence-electron chi connectivity index (χ3n) is 4.02. The van der Waals surface area contributed by atoms with E-state index in [1.54, 1.807) is 11.1 Å². The molecule has 1 saturated heterocycles. The van der Waals surface area contributed by atoms with Crippen LogP contribution in [0, 0.1) is 0 Å². The highest BCUT2D eigenvalue weighted by molar-refractivity contribution is 5.92. The largest absolute Gasteiger partial charge is 0.382 e. The lowest BCUT2D eigenvalue weighted by Crippen LogP contribution is -2.42. The number of morpholine rings is 1. The fraction of sp³-hybridized carbons (Fsp3) is 0.500. The number of aromatic nitrogens is 4. The van der Waals surface area contributed by atoms with Gasteiger partial charge in [-0.2, -0.15) is 5.10 Å². The van der Waals surface area contributed by atoms with Crippen molar-refractivity contribution in [1.82, 2.24) is 25.1 Å². The summed E-state index contributed by atoms with van der Waals surface area (Å²) in [7, 11) is 0. The molecule has 2 aromatic rings. The summed E-state index contributed by atoms with van der Waals surface area (Å²) >= 11 is 0. The number of H-pyrrole nitrogens is 1. The number of rotatable bonds is 2. The molecule has 0 unspecified atom stereocenters. The number of nitrogens with two attached hydrogens (primary N) is 1. The van der Waals surface area contributed by atoms with Crippen LogP contribution in [0.4, 0.5) is 5.82 Å². The van der Waals surface area contributed by atoms with Crippen molar-refractivity contribution < 1.29 is 9.53 Å². The minimum atomic E-state index is -0.377. The van der Waals surface area contributed by atoms with E-state index in [0.29, 0.717) is 36.9 Å². The molecule has 1 fully saturated rings. The highest BCUT2D eigenvalue weighted by atomic mass is 16.5. The molecule has 3 N–H and O–H groups in total. The van der Waals surface area contributed by atoms with Crippen LogP contribution < -0.4 is 5.73 Å². The smallest absolute Gasteiger partial charge is 0.274 e. The second kappa shape index (κ2) is 6.20. The van der Waals surface area contributed by atoms with Gasteiger partial charge in [-0.25, -0.2) is 4.98 Å². The summed E-state index contributed by atoms with van der Waals surface area (Å²) in [6, 6.07) is 1.81. The predicted molar refractivity (Wildman–Crippen MR) is 88.3 cm³/mol. The van der Waals surface area contributed by atoms with Gasteiger partial charge < -0.3 is 15.4 Å². The number of ether oxygens (including phenoxy) is 1. The molecule has 0 radical (unpaired) electrons. The maximum Gasteiger partial charge on any atom is 0.274 e. The molecule has 0 aromatic carbocycles. The molecule has 1 aliphatic rings. The molecule has 8 nitrogen and oxygen atoms in total. The quantitative estimate of drug-likeness (QED) is 0.858. The minimum absolute atomic E-state index is 0.0901. The fourth-order valence-corrected chi connectivity index (χ4v) is 2.58. The van der Waals surface area contributed by atoms with E-state index in [0.717, 1.165) is 5.69 Å². The van der Waals surface area contributed by atoms with Crippen LogP contribution in [0.5, 0.6) is 0 Å². The number of hydrogen-bond acceptors (Lipinski definition) is 6. The Morgan fingerprint density at radius 3 is 2.79 bits per heavy atom. The first-order chi connectivity index (χ1) is 11.4. The Kier molecular flexibility index (Phi) is 4.23. The zero-order valence-electron chi connectivity index (χ0n) is 14.1. The molecule has 8 heteroatoms. The van der Waals surface area contributed by atoms with Gasteiger partial charge in [0.2, 0.25) is 0 Å². The van der Waals surface area contributed by atoms with E-state index in [2.05, 4.69) is 40.9 Å². The van der Waals surface area contributed by atoms with Gasteiger partial charge in [0.1, 0.15) is 23.3 Å². The Labute approximate surface area is 140 Å². The van der Waals surface area contributed by atoms with E-state index >= 15 is 0 Å². The lowest BCUT2D eigenvalue weighted by atomic mass is 9.92. The number of nitrogen functional groups attached to an aromatic ring is 1. The van der Waals surface area contributed by atoms with Crippen LogP contribution in [0.1, 0.15) is 48.8 Å². The molecule has 3 rings (SSSR count). The van der Waals surface area contributed by atoms with E-state index in [1.807, 2.05) is 6.07 Å². The SMILES string of the molecule is CC(C)(C)c1cc(C(=O)N2CCO[C@@H](c3nccnc3N)C2)n[nH]1. The summed E-state index contributed by atoms with van der Waals surface area (Å²) in [6.07, 6.45) is 2.72. The van der Waals surface area contributed by atoms with Crippen molar-refractivity contribution in [3.63, 3.8) is 0 Å². The van der Waals surface area contributed by atoms with Gasteiger partial charge >= 0.3 is 0 Å². The third kappa shape index (κ3) is 3.23. The first-order valence-electron chi connectivity index (χ1n) is 7.89. The Morgan fingerprint density at radius 1 is 1.38 bits per heavy atom. The third-order valence-corrected chi connectivity index (χ3v) is 4.02. The fourth-order valence-electron chi connectivity index (χ4n) is 2.58. The number of aromatic amines is 1. The number of amides is 1. The number of anilines is 1. The molecular weight excluding hydrogens is 308 g/mol. The normalized spacial score (nSPS) is 18.6. The molecule has 1 amide bonds. The summed E-state index contributed by atoms with van der Waals surface area (Å²) in [5, 5.41) is 7.11. The second-order valence-electron chi connectivity index (χ2n) is 6.85. The van der Waals surface area contributed by atoms with Gasteiger partial charge in [-0.15, -0.1) is 0 Å². The molecule has 0 aliphatic carbocycles. The van der Waals surface area contributed by atoms with E-state index < -0.39 is 0 Å². The molecule has 3 heterocycles. The van der Waals surface area contributed by atoms with E-state index in [-0.39, 0.29) is 17.4 Å². The van der Waals surface area contributed by atoms with Gasteiger partial charge in [-0.3, -0.25) is 14.9 Å². The number of carbonyl (C=O) groups excluding carboxylic acids is 1. The lowest BCUT2D eigenvalue weighted by Gasteiger charge is -2.32. The summed E-state index contributed by atoms with van der Waals surface area (Å²) in [4.78, 5) is 22.7. The highest BCUT2D eigenvalue weighted by Crippen LogP contribution is 2.25. The van der Waals surface area contributed by atoms with E-state index in [4.69, 9.17) is 10.5 Å². The van der Waals surface area contributed by atoms with Gasteiger partial charge in [0.15, 0.2) is 0 Å². The average molecular weight is 330 g/mol. The van der Waals surface area contributed by atoms with Crippen LogP contribution >= 0.6 is 0 Å². The van der Waals surface area contributed by atoms with Crippen LogP contribution in [-0.4, -0.2) is 50.7 Å². The van der Waals surface area contributed by atoms with Crippen LogP contribution in [-0.2, 0) is 10.2 Å². The molecule has 128 valence electrons. The molecule has 0 spiro atoms. The number of carbonyl (C=O) groups is 1. The average Bonchev–Trinajstić information content (AvgIpc) is 3.05. The lowest BCUT2D eigenvalue weighted by molar-refractivity contribution is -0.0246. The van der Waals surface area contributed by atoms with Crippen LogP contribution in [0.25, 0.3) is 0 Å². The zero-order chi connectivity index (χ0) is 17.3. The van der Waals surface area contributed by atoms with Crippen molar-refractivity contribution in [2.45, 2.75) is 32.3 Å². The molecule has 0 saturated carbocycles. The number of hydrogen-bond donors (Lipinski definition) is 2. The Balaban J connectivity index is 1.76. The first-order valence-corrected chi connectivity index (χ1v) is 7.89. The maximum atomic E-state index is 12.7. The molecule has 1 aliphatic heterocycles. The number of nitrogens with one attached hydrogen (secondary N) is 1. The molecule has 24 heavy (non-hydrogen) atoms. The summed E-state index contributed by atoms with van der Waals surface area (Å²) in [5.74, 6) is 0.198. The van der Waals surface area contributed by atoms with Crippen LogP contribution in [0.3, 0.4) is 0 Å². The highest BCUT2D eigenvalue weighted by Gasteiger charge is 2.30. The van der Waals surface area contributed by atoms with E-state index in [9.17, 15) is 4.79 Å². The minimum Gasteiger partial charge on any atom is -0.382 e. The zero-order valence-corrected chi connectivity index (χ0v) is 14.1. The summed E-state index contributed by atoms with van der Waals surface area (Å²) < 4.78 is 5.72. The standard InChI is InChI=1S/C16H22N6O2/c1-16(2,3)12-8-10(20-21-12)15(23)22-6-7-24-11(9-22)13-14(17)19-5-4-18-13/h4-5,8,11H,6-7,9H2,1-3H3,(H2,17,19)(H,20,21)/t11-/m1/s1. The molecule has 0 bridgehead atoms. The molecular formula is C16H22N6O2. The van der Waals surface area contributed by atoms with Crippen molar-refractivity contribution in [3.8, 4) is 0 Å². The van der Waals surface area contributed by atoms with Crippen molar-refractivity contribution in [2.24, 2.45) is 0 Å². The van der Waals surface area contributed by atoms with Crippen molar-refractivity contribution in [2.75, 3.05) is 25.4 Å². The summed E-state index contributed by atoms with van der Waals surface area (Å²) in [6.45, 7) is 7.50. The van der Waals surface area contributed by atoms with Gasteiger partial charge in [0.05, 0.1) is 13.2 Å². The van der Waals surface area contributed by atoms with Gasteiger partial charge in [-0.1, -0.05) is 20.8 Å². The van der Waals surface area contributed by atoms with Crippen LogP contribution in [0.2, 0.25) is 0 Å². The first kappa shape index (κ1) is 16.4. The predicted octanol–water partition coefficient (Wildman–Crippen LogP) is 1.29. The Bertz CT molecular complexity index is 736.